The van der Waals surface area contributed by atoms with Crippen molar-refractivity contribution in [3.05, 3.63) is 59.7 Å². The molecule has 2 aromatic carbocycles. The van der Waals surface area contributed by atoms with Gasteiger partial charge in [0.15, 0.2) is 0 Å². The summed E-state index contributed by atoms with van der Waals surface area (Å²) >= 11 is 0. The summed E-state index contributed by atoms with van der Waals surface area (Å²) in [6, 6.07) is 16.2. The average Bonchev–Trinajstić information content (AvgIpc) is 2.85. The van der Waals surface area contributed by atoms with E-state index in [4.69, 9.17) is 9.47 Å². The van der Waals surface area contributed by atoms with Crippen molar-refractivity contribution in [3.63, 3.8) is 0 Å². The molecular formula is C30H45NO2. The Kier molecular flexibility index (Phi) is 14.8. The van der Waals surface area contributed by atoms with E-state index in [1.807, 2.05) is 49.5 Å². The molecule has 0 unspecified atom stereocenters. The Balaban J connectivity index is 1.49. The number of hydrogen-bond acceptors (Lipinski definition) is 3. The molecule has 2 aromatic rings. The van der Waals surface area contributed by atoms with Crippen molar-refractivity contribution in [2.45, 2.75) is 97.5 Å². The summed E-state index contributed by atoms with van der Waals surface area (Å²) < 4.78 is 11.4. The summed E-state index contributed by atoms with van der Waals surface area (Å²) in [7, 11) is 0. The van der Waals surface area contributed by atoms with Gasteiger partial charge in [-0.25, -0.2) is 0 Å². The first-order chi connectivity index (χ1) is 16.3. The normalized spacial score (nSPS) is 11.2. The molecule has 0 bridgehead atoms. The van der Waals surface area contributed by atoms with Crippen LogP contribution in [0.15, 0.2) is 53.5 Å². The van der Waals surface area contributed by atoms with Gasteiger partial charge in [0.2, 0.25) is 0 Å². The highest BCUT2D eigenvalue weighted by molar-refractivity contribution is 5.79. The fourth-order valence-corrected chi connectivity index (χ4v) is 3.88. The number of benzene rings is 2. The number of unbranched alkanes of at least 4 members (excludes halogenated alkanes) is 11. The molecule has 3 nitrogen and oxygen atoms in total. The molecule has 0 amide bonds. The zero-order chi connectivity index (χ0) is 23.4. The maximum atomic E-state index is 5.89. The van der Waals surface area contributed by atoms with Crippen molar-refractivity contribution in [2.24, 2.45) is 4.99 Å². The Morgan fingerprint density at radius 3 is 1.70 bits per heavy atom. The summed E-state index contributed by atoms with van der Waals surface area (Å²) in [4.78, 5) is 4.59. The number of hydrogen-bond donors (Lipinski definition) is 0. The van der Waals surface area contributed by atoms with E-state index in [1.54, 1.807) is 0 Å². The van der Waals surface area contributed by atoms with E-state index < -0.39 is 0 Å². The molecule has 0 saturated carbocycles. The van der Waals surface area contributed by atoms with Crippen LogP contribution in [0.5, 0.6) is 11.5 Å². The second-order valence-electron chi connectivity index (χ2n) is 8.86. The van der Waals surface area contributed by atoms with Gasteiger partial charge in [-0.1, -0.05) is 89.7 Å². The molecule has 182 valence electrons. The van der Waals surface area contributed by atoms with Gasteiger partial charge < -0.3 is 9.47 Å². The van der Waals surface area contributed by atoms with Crippen molar-refractivity contribution in [3.8, 4) is 11.5 Å². The fourth-order valence-electron chi connectivity index (χ4n) is 3.88. The van der Waals surface area contributed by atoms with E-state index in [1.165, 1.54) is 77.0 Å². The molecule has 0 aliphatic rings. The fraction of sp³-hybridized carbons (Fsp3) is 0.567. The first kappa shape index (κ1) is 27.0. The predicted octanol–water partition coefficient (Wildman–Crippen LogP) is 8.78. The van der Waals surface area contributed by atoms with Crippen molar-refractivity contribution < 1.29 is 9.47 Å². The quantitative estimate of drug-likeness (QED) is 0.158. The topological polar surface area (TPSA) is 30.8 Å². The molecule has 0 radical (unpaired) electrons. The average molecular weight is 452 g/mol. The van der Waals surface area contributed by atoms with E-state index in [2.05, 4.69) is 24.0 Å². The third-order valence-corrected chi connectivity index (χ3v) is 5.90. The largest absolute Gasteiger partial charge is 0.494 e. The Morgan fingerprint density at radius 1 is 0.606 bits per heavy atom. The smallest absolute Gasteiger partial charge is 0.119 e. The van der Waals surface area contributed by atoms with Gasteiger partial charge in [0.05, 0.1) is 6.61 Å². The minimum Gasteiger partial charge on any atom is -0.494 e. The summed E-state index contributed by atoms with van der Waals surface area (Å²) in [6.45, 7) is 6.44. The third-order valence-electron chi connectivity index (χ3n) is 5.90. The van der Waals surface area contributed by atoms with Gasteiger partial charge in [-0.2, -0.15) is 0 Å². The van der Waals surface area contributed by atoms with Crippen LogP contribution in [0.25, 0.3) is 0 Å². The molecule has 2 rings (SSSR count). The third kappa shape index (κ3) is 13.1. The number of rotatable bonds is 19. The van der Waals surface area contributed by atoms with E-state index >= 15 is 0 Å². The van der Waals surface area contributed by atoms with Gasteiger partial charge in [-0.15, -0.1) is 0 Å². The lowest BCUT2D eigenvalue weighted by molar-refractivity contribution is 0.305. The lowest BCUT2D eigenvalue weighted by Crippen LogP contribution is -1.96. The minimum absolute atomic E-state index is 0.554. The molecule has 0 spiro atoms. The van der Waals surface area contributed by atoms with Crippen LogP contribution < -0.4 is 9.47 Å². The van der Waals surface area contributed by atoms with Crippen molar-refractivity contribution in [2.75, 3.05) is 13.2 Å². The Hall–Kier alpha value is -2.29. The first-order valence-electron chi connectivity index (χ1n) is 13.3. The van der Waals surface area contributed by atoms with E-state index in [-0.39, 0.29) is 0 Å². The van der Waals surface area contributed by atoms with Crippen LogP contribution in [0.4, 0.5) is 0 Å². The maximum Gasteiger partial charge on any atom is 0.119 e. The van der Waals surface area contributed by atoms with Crippen LogP contribution in [-0.2, 0) is 6.61 Å². The zero-order valence-corrected chi connectivity index (χ0v) is 21.1. The molecule has 0 aliphatic carbocycles. The molecule has 0 aliphatic heterocycles. The van der Waals surface area contributed by atoms with Gasteiger partial charge in [-0.3, -0.25) is 4.99 Å². The molecule has 0 atom stereocenters. The van der Waals surface area contributed by atoms with Gasteiger partial charge in [0.25, 0.3) is 0 Å². The van der Waals surface area contributed by atoms with Crippen LogP contribution in [-0.4, -0.2) is 19.4 Å². The molecular weight excluding hydrogens is 406 g/mol. The molecule has 0 saturated heterocycles. The zero-order valence-electron chi connectivity index (χ0n) is 21.1. The highest BCUT2D eigenvalue weighted by Gasteiger charge is 1.98. The van der Waals surface area contributed by atoms with Crippen LogP contribution in [0.1, 0.15) is 102 Å². The summed E-state index contributed by atoms with van der Waals surface area (Å²) in [5.41, 5.74) is 2.26. The SMILES string of the molecule is CCCCCCCCCCCCCC/N=C/c1ccc(OCc2ccc(OCC)cc2)cc1. The Bertz CT molecular complexity index is 737. The first-order valence-corrected chi connectivity index (χ1v) is 13.3. The van der Waals surface area contributed by atoms with E-state index in [0.717, 1.165) is 29.2 Å². The lowest BCUT2D eigenvalue weighted by Gasteiger charge is -2.08. The van der Waals surface area contributed by atoms with Crippen molar-refractivity contribution >= 4 is 6.21 Å². The number of aliphatic imine (C=N–C) groups is 1. The standard InChI is InChI=1S/C30H45NO2/c1-3-5-6-7-8-9-10-11-12-13-14-15-24-31-25-27-16-20-30(21-17-27)33-26-28-18-22-29(23-19-28)32-4-2/h16-23,25H,3-15,24,26H2,1-2H3/b31-25+. The highest BCUT2D eigenvalue weighted by Crippen LogP contribution is 2.16. The second kappa shape index (κ2) is 18.2. The molecule has 0 heterocycles. The van der Waals surface area contributed by atoms with E-state index in [9.17, 15) is 0 Å². The molecule has 33 heavy (non-hydrogen) atoms. The summed E-state index contributed by atoms with van der Waals surface area (Å²) in [5, 5.41) is 0. The van der Waals surface area contributed by atoms with Crippen molar-refractivity contribution in [1.29, 1.82) is 0 Å². The lowest BCUT2D eigenvalue weighted by atomic mass is 10.1. The molecule has 0 fully saturated rings. The van der Waals surface area contributed by atoms with Gasteiger partial charge in [0, 0.05) is 12.8 Å². The van der Waals surface area contributed by atoms with Gasteiger partial charge >= 0.3 is 0 Å². The summed E-state index contributed by atoms with van der Waals surface area (Å²) in [5.74, 6) is 1.77. The van der Waals surface area contributed by atoms with E-state index in [0.29, 0.717) is 13.2 Å². The monoisotopic (exact) mass is 451 g/mol. The van der Waals surface area contributed by atoms with Gasteiger partial charge in [-0.05, 0) is 60.9 Å². The Morgan fingerprint density at radius 2 is 1.12 bits per heavy atom. The second-order valence-corrected chi connectivity index (χ2v) is 8.86. The molecule has 3 heteroatoms. The summed E-state index contributed by atoms with van der Waals surface area (Å²) in [6.07, 6.45) is 18.5. The number of ether oxygens (including phenoxy) is 2. The van der Waals surface area contributed by atoms with Crippen LogP contribution >= 0.6 is 0 Å². The number of nitrogens with zero attached hydrogens (tertiary/aromatic N) is 1. The maximum absolute atomic E-state index is 5.89. The van der Waals surface area contributed by atoms with Crippen LogP contribution in [0.3, 0.4) is 0 Å². The Labute approximate surface area is 202 Å². The van der Waals surface area contributed by atoms with Crippen molar-refractivity contribution in [1.82, 2.24) is 0 Å². The molecule has 0 aromatic heterocycles. The predicted molar refractivity (Wildman–Crippen MR) is 142 cm³/mol. The molecule has 0 N–H and O–H groups in total. The van der Waals surface area contributed by atoms with Crippen LogP contribution in [0.2, 0.25) is 0 Å². The highest BCUT2D eigenvalue weighted by atomic mass is 16.5. The van der Waals surface area contributed by atoms with Gasteiger partial charge in [0.1, 0.15) is 18.1 Å². The van der Waals surface area contributed by atoms with Crippen LogP contribution in [0, 0.1) is 0 Å². The minimum atomic E-state index is 0.554.